The monoisotopic (exact) mass is 325 g/mol. The van der Waals surface area contributed by atoms with Gasteiger partial charge in [-0.15, -0.1) is 11.3 Å². The number of amides is 2. The number of anilines is 1. The number of carbonyl (C=O) groups excluding carboxylic acids is 2. The van der Waals surface area contributed by atoms with E-state index in [2.05, 4.69) is 5.32 Å². The maximum Gasteiger partial charge on any atom is 0.266 e. The molecule has 1 heterocycles. The lowest BCUT2D eigenvalue weighted by Crippen LogP contribution is -2.39. The summed E-state index contributed by atoms with van der Waals surface area (Å²) in [5.74, 6) is -0.455. The van der Waals surface area contributed by atoms with Crippen molar-refractivity contribution in [2.24, 2.45) is 0 Å². The van der Waals surface area contributed by atoms with Gasteiger partial charge in [-0.3, -0.25) is 9.59 Å². The fraction of sp³-hybridized carbons (Fsp3) is 0.286. The van der Waals surface area contributed by atoms with E-state index in [0.29, 0.717) is 22.1 Å². The van der Waals surface area contributed by atoms with E-state index in [1.165, 1.54) is 23.3 Å². The lowest BCUT2D eigenvalue weighted by molar-refractivity contribution is -0.121. The van der Waals surface area contributed by atoms with Crippen molar-refractivity contribution in [2.75, 3.05) is 25.9 Å². The molecule has 2 amide bonds. The highest BCUT2D eigenvalue weighted by Gasteiger charge is 2.22. The van der Waals surface area contributed by atoms with Gasteiger partial charge >= 0.3 is 0 Å². The van der Waals surface area contributed by atoms with E-state index in [0.717, 1.165) is 10.1 Å². The first kappa shape index (κ1) is 15.6. The molecule has 2 rings (SSSR count). The molecule has 1 aromatic heterocycles. The fourth-order valence-electron chi connectivity index (χ4n) is 1.97. The van der Waals surface area contributed by atoms with E-state index in [-0.39, 0.29) is 18.4 Å². The van der Waals surface area contributed by atoms with Crippen LogP contribution in [0.4, 0.5) is 5.69 Å². The Kier molecular flexibility index (Phi) is 4.69. The number of thiophene rings is 1. The lowest BCUT2D eigenvalue weighted by Gasteiger charge is -2.19. The van der Waals surface area contributed by atoms with E-state index >= 15 is 0 Å². The predicted octanol–water partition coefficient (Wildman–Crippen LogP) is 2.34. The first-order valence-corrected chi connectivity index (χ1v) is 7.64. The molecule has 1 aromatic carbocycles. The van der Waals surface area contributed by atoms with Crippen molar-refractivity contribution >= 4 is 50.5 Å². The van der Waals surface area contributed by atoms with Gasteiger partial charge in [0.2, 0.25) is 5.91 Å². The van der Waals surface area contributed by atoms with Gasteiger partial charge < -0.3 is 16.0 Å². The summed E-state index contributed by atoms with van der Waals surface area (Å²) in [7, 11) is 1.54. The van der Waals surface area contributed by atoms with Gasteiger partial charge in [0.05, 0.1) is 12.2 Å². The second-order valence-electron chi connectivity index (χ2n) is 4.48. The summed E-state index contributed by atoms with van der Waals surface area (Å²) in [6.45, 7) is 2.27. The number of nitrogens with zero attached hydrogens (tertiary/aromatic N) is 1. The van der Waals surface area contributed by atoms with Crippen LogP contribution in [0.3, 0.4) is 0 Å². The number of nitrogens with one attached hydrogen (secondary N) is 1. The average molecular weight is 326 g/mol. The SMILES string of the molecule is CCN(CC(=O)NC)C(=O)c1sc2ccc(Cl)cc2c1N. The van der Waals surface area contributed by atoms with Gasteiger partial charge in [-0.1, -0.05) is 11.6 Å². The van der Waals surface area contributed by atoms with Crippen LogP contribution in [0.15, 0.2) is 18.2 Å². The van der Waals surface area contributed by atoms with Gasteiger partial charge in [0.15, 0.2) is 0 Å². The summed E-state index contributed by atoms with van der Waals surface area (Å²) < 4.78 is 0.899. The lowest BCUT2D eigenvalue weighted by atomic mass is 10.2. The van der Waals surface area contributed by atoms with Crippen molar-refractivity contribution < 1.29 is 9.59 Å². The van der Waals surface area contributed by atoms with Crippen molar-refractivity contribution in [2.45, 2.75) is 6.92 Å². The molecule has 112 valence electrons. The van der Waals surface area contributed by atoms with Crippen molar-refractivity contribution in [1.82, 2.24) is 10.2 Å². The highest BCUT2D eigenvalue weighted by atomic mass is 35.5. The van der Waals surface area contributed by atoms with Crippen LogP contribution in [0, 0.1) is 0 Å². The van der Waals surface area contributed by atoms with E-state index in [1.54, 1.807) is 12.1 Å². The molecule has 0 fully saturated rings. The fourth-order valence-corrected chi connectivity index (χ4v) is 3.21. The summed E-state index contributed by atoms with van der Waals surface area (Å²) in [6, 6.07) is 5.34. The predicted molar refractivity (Wildman–Crippen MR) is 86.9 cm³/mol. The minimum atomic E-state index is -0.240. The minimum absolute atomic E-state index is 0.0142. The first-order valence-electron chi connectivity index (χ1n) is 6.45. The third-order valence-electron chi connectivity index (χ3n) is 3.16. The Labute approximate surface area is 131 Å². The Morgan fingerprint density at radius 1 is 1.43 bits per heavy atom. The van der Waals surface area contributed by atoms with Gasteiger partial charge in [0.1, 0.15) is 4.88 Å². The Bertz CT molecular complexity index is 699. The van der Waals surface area contributed by atoms with Crippen molar-refractivity contribution in [3.8, 4) is 0 Å². The zero-order valence-electron chi connectivity index (χ0n) is 11.8. The van der Waals surface area contributed by atoms with Gasteiger partial charge in [-0.05, 0) is 25.1 Å². The molecule has 0 atom stereocenters. The van der Waals surface area contributed by atoms with Crippen molar-refractivity contribution in [3.05, 3.63) is 28.1 Å². The highest BCUT2D eigenvalue weighted by Crippen LogP contribution is 2.35. The van der Waals surface area contributed by atoms with Crippen LogP contribution < -0.4 is 11.1 Å². The van der Waals surface area contributed by atoms with Crippen LogP contribution in [-0.4, -0.2) is 36.9 Å². The molecule has 0 saturated carbocycles. The standard InChI is InChI=1S/C14H16ClN3O2S/c1-3-18(7-11(19)17-2)14(20)13-12(16)9-6-8(15)4-5-10(9)21-13/h4-6H,3,7,16H2,1-2H3,(H,17,19). The summed E-state index contributed by atoms with van der Waals surface area (Å²) in [5.41, 5.74) is 6.48. The highest BCUT2D eigenvalue weighted by molar-refractivity contribution is 7.21. The number of halogens is 1. The Hall–Kier alpha value is -1.79. The molecule has 0 aliphatic heterocycles. The number of carbonyl (C=O) groups is 2. The summed E-state index contributed by atoms with van der Waals surface area (Å²) in [6.07, 6.45) is 0. The Morgan fingerprint density at radius 3 is 2.76 bits per heavy atom. The molecule has 0 aliphatic rings. The van der Waals surface area contributed by atoms with E-state index in [4.69, 9.17) is 17.3 Å². The number of likely N-dealkylation sites (N-methyl/N-ethyl adjacent to an activating group) is 2. The summed E-state index contributed by atoms with van der Waals surface area (Å²) >= 11 is 7.27. The van der Waals surface area contributed by atoms with Gasteiger partial charge in [-0.25, -0.2) is 0 Å². The molecule has 2 aromatic rings. The maximum absolute atomic E-state index is 12.5. The zero-order chi connectivity index (χ0) is 15.6. The number of fused-ring (bicyclic) bond motifs is 1. The van der Waals surface area contributed by atoms with Crippen LogP contribution in [0.5, 0.6) is 0 Å². The summed E-state index contributed by atoms with van der Waals surface area (Å²) in [5, 5.41) is 3.85. The van der Waals surface area contributed by atoms with Gasteiger partial charge in [-0.2, -0.15) is 0 Å². The van der Waals surface area contributed by atoms with E-state index in [9.17, 15) is 9.59 Å². The van der Waals surface area contributed by atoms with E-state index < -0.39 is 0 Å². The van der Waals surface area contributed by atoms with Crippen LogP contribution >= 0.6 is 22.9 Å². The number of nitrogen functional groups attached to an aromatic ring is 1. The van der Waals surface area contributed by atoms with Gasteiger partial charge in [0, 0.05) is 28.7 Å². The number of hydrogen-bond donors (Lipinski definition) is 2. The van der Waals surface area contributed by atoms with E-state index in [1.807, 2.05) is 13.0 Å². The summed E-state index contributed by atoms with van der Waals surface area (Å²) in [4.78, 5) is 25.9. The maximum atomic E-state index is 12.5. The molecule has 0 aliphatic carbocycles. The molecule has 5 nitrogen and oxygen atoms in total. The largest absolute Gasteiger partial charge is 0.397 e. The first-order chi connectivity index (χ1) is 9.97. The normalized spacial score (nSPS) is 10.6. The van der Waals surface area contributed by atoms with Crippen LogP contribution in [-0.2, 0) is 4.79 Å². The quantitative estimate of drug-likeness (QED) is 0.906. The van der Waals surface area contributed by atoms with Crippen LogP contribution in [0.2, 0.25) is 5.02 Å². The second-order valence-corrected chi connectivity index (χ2v) is 5.97. The molecule has 0 radical (unpaired) electrons. The molecule has 3 N–H and O–H groups in total. The molecule has 21 heavy (non-hydrogen) atoms. The molecular weight excluding hydrogens is 310 g/mol. The number of nitrogens with two attached hydrogens (primary N) is 1. The molecule has 0 bridgehead atoms. The van der Waals surface area contributed by atoms with Crippen LogP contribution in [0.1, 0.15) is 16.6 Å². The number of rotatable bonds is 4. The molecule has 7 heteroatoms. The molecule has 0 saturated heterocycles. The Morgan fingerprint density at radius 2 is 2.14 bits per heavy atom. The number of benzene rings is 1. The molecule has 0 spiro atoms. The van der Waals surface area contributed by atoms with Crippen LogP contribution in [0.25, 0.3) is 10.1 Å². The second kappa shape index (κ2) is 6.32. The average Bonchev–Trinajstić information content (AvgIpc) is 2.80. The smallest absolute Gasteiger partial charge is 0.266 e. The number of hydrogen-bond acceptors (Lipinski definition) is 4. The van der Waals surface area contributed by atoms with Gasteiger partial charge in [0.25, 0.3) is 5.91 Å². The molecular formula is C14H16ClN3O2S. The molecule has 0 unspecified atom stereocenters. The topological polar surface area (TPSA) is 75.4 Å². The third kappa shape index (κ3) is 3.11. The minimum Gasteiger partial charge on any atom is -0.397 e. The van der Waals surface area contributed by atoms with Crippen molar-refractivity contribution in [1.29, 1.82) is 0 Å². The third-order valence-corrected chi connectivity index (χ3v) is 4.57. The van der Waals surface area contributed by atoms with Crippen molar-refractivity contribution in [3.63, 3.8) is 0 Å². The zero-order valence-corrected chi connectivity index (χ0v) is 13.3. The Balaban J connectivity index is 2.38.